The molecule has 0 aliphatic rings. The normalized spacial score (nSPS) is 11.3. The first-order valence-electron chi connectivity index (χ1n) is 8.84. The number of rotatable bonds is 5. The summed E-state index contributed by atoms with van der Waals surface area (Å²) in [5.74, 6) is 1.01. The fourth-order valence-electron chi connectivity index (χ4n) is 2.60. The summed E-state index contributed by atoms with van der Waals surface area (Å²) in [6.45, 7) is 3.74. The first kappa shape index (κ1) is 19.4. The molecule has 1 aromatic carbocycles. The van der Waals surface area contributed by atoms with Crippen LogP contribution in [0.4, 0.5) is 22.1 Å². The van der Waals surface area contributed by atoms with Gasteiger partial charge in [-0.3, -0.25) is 10.00 Å². The molecule has 2 aromatic heterocycles. The lowest BCUT2D eigenvalue weighted by atomic mass is 9.91. The number of urea groups is 1. The van der Waals surface area contributed by atoms with Crippen LogP contribution >= 0.6 is 0 Å². The van der Waals surface area contributed by atoms with Crippen molar-refractivity contribution >= 4 is 23.4 Å². The Morgan fingerprint density at radius 3 is 2.43 bits per heavy atom. The molecule has 8 nitrogen and oxygen atoms in total. The molecule has 0 aliphatic carbocycles. The van der Waals surface area contributed by atoms with Crippen LogP contribution in [0.3, 0.4) is 0 Å². The molecule has 0 fully saturated rings. The van der Waals surface area contributed by atoms with Crippen LogP contribution in [0.15, 0.2) is 48.7 Å². The number of benzene rings is 1. The van der Waals surface area contributed by atoms with E-state index in [0.29, 0.717) is 23.0 Å². The lowest BCUT2D eigenvalue weighted by Crippen LogP contribution is -2.22. The van der Waals surface area contributed by atoms with Crippen molar-refractivity contribution in [2.24, 2.45) is 7.05 Å². The Labute approximate surface area is 163 Å². The topological polar surface area (TPSA) is 118 Å². The zero-order valence-corrected chi connectivity index (χ0v) is 16.1. The molecule has 8 heteroatoms. The minimum absolute atomic E-state index is 0.0362. The first-order valence-corrected chi connectivity index (χ1v) is 8.84. The number of nitrogens with zero attached hydrogens (tertiary/aromatic N) is 3. The molecular weight excluding hydrogens is 356 g/mol. The SMILES string of the molecule is Cn1nc(C(C)(C)CO)cc1NC(=O)Nc1ccc(-c2ccc(N)nc2)cc1. The third kappa shape index (κ3) is 4.29. The number of anilines is 3. The maximum absolute atomic E-state index is 12.3. The molecule has 0 bridgehead atoms. The number of nitrogens with one attached hydrogen (secondary N) is 2. The predicted octanol–water partition coefficient (Wildman–Crippen LogP) is 2.98. The molecule has 0 aliphatic heterocycles. The molecule has 146 valence electrons. The van der Waals surface area contributed by atoms with Crippen LogP contribution < -0.4 is 16.4 Å². The number of nitrogens with two attached hydrogens (primary N) is 1. The number of aryl methyl sites for hydroxylation is 1. The van der Waals surface area contributed by atoms with Crippen molar-refractivity contribution in [3.63, 3.8) is 0 Å². The Balaban J connectivity index is 1.66. The monoisotopic (exact) mass is 380 g/mol. The van der Waals surface area contributed by atoms with Gasteiger partial charge in [0, 0.05) is 36.0 Å². The molecule has 0 unspecified atom stereocenters. The van der Waals surface area contributed by atoms with Gasteiger partial charge < -0.3 is 16.2 Å². The van der Waals surface area contributed by atoms with E-state index in [0.717, 1.165) is 11.1 Å². The average Bonchev–Trinajstić information content (AvgIpc) is 3.04. The Morgan fingerprint density at radius 2 is 1.82 bits per heavy atom. The zero-order valence-electron chi connectivity index (χ0n) is 16.1. The van der Waals surface area contributed by atoms with Gasteiger partial charge in [0.1, 0.15) is 11.6 Å². The number of hydrogen-bond acceptors (Lipinski definition) is 5. The van der Waals surface area contributed by atoms with E-state index in [1.54, 1.807) is 30.1 Å². The summed E-state index contributed by atoms with van der Waals surface area (Å²) in [6, 6.07) is 12.4. The number of carbonyl (C=O) groups is 1. The summed E-state index contributed by atoms with van der Waals surface area (Å²) in [5, 5.41) is 19.4. The Kier molecular flexibility index (Phi) is 5.32. The molecule has 3 aromatic rings. The predicted molar refractivity (Wildman–Crippen MR) is 110 cm³/mol. The maximum Gasteiger partial charge on any atom is 0.324 e. The lowest BCUT2D eigenvalue weighted by Gasteiger charge is -2.17. The summed E-state index contributed by atoms with van der Waals surface area (Å²) in [7, 11) is 1.74. The van der Waals surface area contributed by atoms with E-state index in [2.05, 4.69) is 20.7 Å². The van der Waals surface area contributed by atoms with Gasteiger partial charge in [-0.05, 0) is 29.8 Å². The third-order valence-electron chi connectivity index (χ3n) is 4.47. The fourth-order valence-corrected chi connectivity index (χ4v) is 2.60. The summed E-state index contributed by atoms with van der Waals surface area (Å²) >= 11 is 0. The highest BCUT2D eigenvalue weighted by molar-refractivity contribution is 5.99. The molecule has 2 amide bonds. The van der Waals surface area contributed by atoms with Crippen molar-refractivity contribution < 1.29 is 9.90 Å². The standard InChI is InChI=1S/C20H24N6O2/c1-20(2,12-27)16-10-18(26(3)25-16)24-19(28)23-15-7-4-13(5-8-15)14-6-9-17(21)22-11-14/h4-11,27H,12H2,1-3H3,(H2,21,22)(H2,23,24,28). The first-order chi connectivity index (χ1) is 13.3. The summed E-state index contributed by atoms with van der Waals surface area (Å²) in [5.41, 5.74) is 8.40. The van der Waals surface area contributed by atoms with Gasteiger partial charge in [0.25, 0.3) is 0 Å². The van der Waals surface area contributed by atoms with Gasteiger partial charge in [-0.15, -0.1) is 0 Å². The molecule has 3 rings (SSSR count). The molecule has 2 heterocycles. The van der Waals surface area contributed by atoms with E-state index in [9.17, 15) is 9.90 Å². The van der Waals surface area contributed by atoms with Gasteiger partial charge in [-0.25, -0.2) is 9.78 Å². The molecule has 0 saturated carbocycles. The van der Waals surface area contributed by atoms with Crippen molar-refractivity contribution in [1.29, 1.82) is 0 Å². The number of nitrogen functional groups attached to an aromatic ring is 1. The molecule has 0 atom stereocenters. The molecule has 0 saturated heterocycles. The van der Waals surface area contributed by atoms with Crippen LogP contribution in [-0.2, 0) is 12.5 Å². The summed E-state index contributed by atoms with van der Waals surface area (Å²) in [6.07, 6.45) is 1.71. The summed E-state index contributed by atoms with van der Waals surface area (Å²) in [4.78, 5) is 16.4. The quantitative estimate of drug-likeness (QED) is 0.543. The zero-order chi connectivity index (χ0) is 20.3. The minimum atomic E-state index is -0.485. The molecule has 5 N–H and O–H groups in total. The number of pyridine rings is 1. The van der Waals surface area contributed by atoms with Crippen LogP contribution in [0.2, 0.25) is 0 Å². The van der Waals surface area contributed by atoms with Crippen molar-refractivity contribution in [2.75, 3.05) is 23.0 Å². The second kappa shape index (κ2) is 7.69. The van der Waals surface area contributed by atoms with Crippen LogP contribution in [-0.4, -0.2) is 32.5 Å². The smallest absolute Gasteiger partial charge is 0.324 e. The highest BCUT2D eigenvalue weighted by Crippen LogP contribution is 2.24. The highest BCUT2D eigenvalue weighted by Gasteiger charge is 2.24. The van der Waals surface area contributed by atoms with Gasteiger partial charge in [0.2, 0.25) is 0 Å². The number of aromatic nitrogens is 3. The van der Waals surface area contributed by atoms with E-state index >= 15 is 0 Å². The Bertz CT molecular complexity index is 961. The van der Waals surface area contributed by atoms with Crippen molar-refractivity contribution in [3.05, 3.63) is 54.4 Å². The fraction of sp³-hybridized carbons (Fsp3) is 0.250. The molecule has 0 spiro atoms. The van der Waals surface area contributed by atoms with E-state index in [4.69, 9.17) is 5.73 Å². The average molecular weight is 380 g/mol. The Morgan fingerprint density at radius 1 is 1.14 bits per heavy atom. The molecular formula is C20H24N6O2. The van der Waals surface area contributed by atoms with Gasteiger partial charge in [-0.1, -0.05) is 26.0 Å². The maximum atomic E-state index is 12.3. The van der Waals surface area contributed by atoms with Crippen molar-refractivity contribution in [2.45, 2.75) is 19.3 Å². The Hall–Kier alpha value is -3.39. The van der Waals surface area contributed by atoms with Crippen LogP contribution in [0.25, 0.3) is 11.1 Å². The van der Waals surface area contributed by atoms with Crippen LogP contribution in [0.5, 0.6) is 0 Å². The van der Waals surface area contributed by atoms with Gasteiger partial charge in [0.15, 0.2) is 0 Å². The van der Waals surface area contributed by atoms with Crippen LogP contribution in [0, 0.1) is 0 Å². The lowest BCUT2D eigenvalue weighted by molar-refractivity contribution is 0.214. The number of carbonyl (C=O) groups excluding carboxylic acids is 1. The second-order valence-corrected chi connectivity index (χ2v) is 7.21. The molecule has 0 radical (unpaired) electrons. The van der Waals surface area contributed by atoms with E-state index in [1.165, 1.54) is 0 Å². The minimum Gasteiger partial charge on any atom is -0.395 e. The third-order valence-corrected chi connectivity index (χ3v) is 4.47. The van der Waals surface area contributed by atoms with Crippen molar-refractivity contribution in [1.82, 2.24) is 14.8 Å². The van der Waals surface area contributed by atoms with Gasteiger partial charge in [0.05, 0.1) is 12.3 Å². The van der Waals surface area contributed by atoms with E-state index in [-0.39, 0.29) is 12.6 Å². The van der Waals surface area contributed by atoms with Gasteiger partial charge >= 0.3 is 6.03 Å². The number of amides is 2. The van der Waals surface area contributed by atoms with Gasteiger partial charge in [-0.2, -0.15) is 5.10 Å². The van der Waals surface area contributed by atoms with Crippen molar-refractivity contribution in [3.8, 4) is 11.1 Å². The second-order valence-electron chi connectivity index (χ2n) is 7.21. The van der Waals surface area contributed by atoms with Crippen LogP contribution in [0.1, 0.15) is 19.5 Å². The number of aliphatic hydroxyl groups excluding tert-OH is 1. The highest BCUT2D eigenvalue weighted by atomic mass is 16.3. The van der Waals surface area contributed by atoms with E-state index in [1.807, 2.05) is 44.2 Å². The summed E-state index contributed by atoms with van der Waals surface area (Å²) < 4.78 is 1.57. The largest absolute Gasteiger partial charge is 0.395 e. The number of aliphatic hydroxyl groups is 1. The molecule has 28 heavy (non-hydrogen) atoms. The number of hydrogen-bond donors (Lipinski definition) is 4. The van der Waals surface area contributed by atoms with E-state index < -0.39 is 5.41 Å².